The second-order valence-corrected chi connectivity index (χ2v) is 6.32. The largest absolute Gasteiger partial charge is 0.317 e. The predicted octanol–water partition coefficient (Wildman–Crippen LogP) is 1.92. The fourth-order valence-electron chi connectivity index (χ4n) is 2.16. The second kappa shape index (κ2) is 7.62. The Hall–Kier alpha value is -0.910. The van der Waals surface area contributed by atoms with Crippen molar-refractivity contribution in [3.8, 4) is 0 Å². The van der Waals surface area contributed by atoms with Crippen molar-refractivity contribution in [3.05, 3.63) is 29.8 Å². The molecule has 0 saturated carbocycles. The molecular weight excluding hydrogens is 260 g/mol. The molecule has 0 fully saturated rings. The van der Waals surface area contributed by atoms with E-state index in [-0.39, 0.29) is 0 Å². The average Bonchev–Trinajstić information content (AvgIpc) is 2.38. The summed E-state index contributed by atoms with van der Waals surface area (Å²) in [4.78, 5) is 0.396. The number of benzene rings is 1. The van der Waals surface area contributed by atoms with Crippen molar-refractivity contribution in [1.82, 2.24) is 10.0 Å². The van der Waals surface area contributed by atoms with E-state index in [0.29, 0.717) is 17.5 Å². The molecule has 0 aliphatic heterocycles. The summed E-state index contributed by atoms with van der Waals surface area (Å²) in [6, 6.07) is 7.53. The summed E-state index contributed by atoms with van der Waals surface area (Å²) in [7, 11) is -1.47. The van der Waals surface area contributed by atoms with E-state index in [1.807, 2.05) is 19.2 Å². The first-order valence-corrected chi connectivity index (χ1v) is 8.28. The highest BCUT2D eigenvalue weighted by Gasteiger charge is 2.18. The maximum absolute atomic E-state index is 12.1. The summed E-state index contributed by atoms with van der Waals surface area (Å²) in [5, 5.41) is 3.25. The van der Waals surface area contributed by atoms with Crippen LogP contribution in [0.4, 0.5) is 0 Å². The Balaban J connectivity index is 3.02. The molecule has 0 amide bonds. The lowest BCUT2D eigenvalue weighted by molar-refractivity contribution is 0.509. The zero-order valence-electron chi connectivity index (χ0n) is 11.9. The summed E-state index contributed by atoms with van der Waals surface area (Å²) in [6.07, 6.45) is 2.84. The third kappa shape index (κ3) is 4.60. The van der Waals surface area contributed by atoms with Crippen LogP contribution in [0.3, 0.4) is 0 Å². The van der Waals surface area contributed by atoms with Gasteiger partial charge in [-0.1, -0.05) is 38.5 Å². The first kappa shape index (κ1) is 16.1. The first-order valence-electron chi connectivity index (χ1n) is 6.80. The van der Waals surface area contributed by atoms with Gasteiger partial charge in [0.1, 0.15) is 0 Å². The third-order valence-electron chi connectivity index (χ3n) is 3.11. The number of hydrogen-bond donors (Lipinski definition) is 2. The smallest absolute Gasteiger partial charge is 0.240 e. The number of rotatable bonds is 8. The van der Waals surface area contributed by atoms with Gasteiger partial charge in [0.2, 0.25) is 10.0 Å². The lowest BCUT2D eigenvalue weighted by Crippen LogP contribution is -2.29. The standard InChI is InChI=1S/C14H24N2O2S/c1-4-8-13(15-3)11-12-9-6-7-10-14(12)19(17,18)16-5-2/h6-7,9-10,13,15-16H,4-5,8,11H2,1-3H3. The van der Waals surface area contributed by atoms with Crippen LogP contribution in [0.25, 0.3) is 0 Å². The van der Waals surface area contributed by atoms with E-state index in [2.05, 4.69) is 17.0 Å². The Kier molecular flexibility index (Phi) is 6.48. The average molecular weight is 284 g/mol. The summed E-state index contributed by atoms with van der Waals surface area (Å²) >= 11 is 0. The summed E-state index contributed by atoms with van der Waals surface area (Å²) in [6.45, 7) is 4.32. The number of nitrogens with one attached hydrogen (secondary N) is 2. The Labute approximate surface area is 116 Å². The maximum Gasteiger partial charge on any atom is 0.240 e. The molecule has 0 spiro atoms. The molecule has 2 N–H and O–H groups in total. The van der Waals surface area contributed by atoms with E-state index in [1.165, 1.54) is 0 Å². The molecule has 0 saturated heterocycles. The molecule has 0 radical (unpaired) electrons. The van der Waals surface area contributed by atoms with Crippen LogP contribution in [-0.4, -0.2) is 28.1 Å². The molecule has 1 rings (SSSR count). The highest BCUT2D eigenvalue weighted by molar-refractivity contribution is 7.89. The molecule has 5 heteroatoms. The molecule has 19 heavy (non-hydrogen) atoms. The van der Waals surface area contributed by atoms with Crippen molar-refractivity contribution in [2.24, 2.45) is 0 Å². The quantitative estimate of drug-likeness (QED) is 0.767. The van der Waals surface area contributed by atoms with Gasteiger partial charge in [0, 0.05) is 12.6 Å². The van der Waals surface area contributed by atoms with Crippen molar-refractivity contribution in [2.45, 2.75) is 44.0 Å². The van der Waals surface area contributed by atoms with Gasteiger partial charge >= 0.3 is 0 Å². The topological polar surface area (TPSA) is 58.2 Å². The molecule has 0 aromatic heterocycles. The number of hydrogen-bond acceptors (Lipinski definition) is 3. The fraction of sp³-hybridized carbons (Fsp3) is 0.571. The minimum absolute atomic E-state index is 0.308. The molecule has 0 heterocycles. The van der Waals surface area contributed by atoms with Gasteiger partial charge in [-0.25, -0.2) is 13.1 Å². The number of sulfonamides is 1. The van der Waals surface area contributed by atoms with E-state index in [9.17, 15) is 8.42 Å². The van der Waals surface area contributed by atoms with Crippen LogP contribution in [-0.2, 0) is 16.4 Å². The molecule has 4 nitrogen and oxygen atoms in total. The Bertz CT molecular complexity index is 486. The van der Waals surface area contributed by atoms with E-state index < -0.39 is 10.0 Å². The minimum Gasteiger partial charge on any atom is -0.317 e. The lowest BCUT2D eigenvalue weighted by atomic mass is 10.0. The van der Waals surface area contributed by atoms with E-state index >= 15 is 0 Å². The van der Waals surface area contributed by atoms with Crippen molar-refractivity contribution in [3.63, 3.8) is 0 Å². The van der Waals surface area contributed by atoms with Crippen LogP contribution < -0.4 is 10.0 Å². The highest BCUT2D eigenvalue weighted by atomic mass is 32.2. The summed E-state index contributed by atoms with van der Waals surface area (Å²) < 4.78 is 26.9. The molecule has 1 unspecified atom stereocenters. The van der Waals surface area contributed by atoms with Crippen molar-refractivity contribution < 1.29 is 8.42 Å². The molecule has 0 aliphatic rings. The van der Waals surface area contributed by atoms with Crippen molar-refractivity contribution in [2.75, 3.05) is 13.6 Å². The Morgan fingerprint density at radius 2 is 1.89 bits per heavy atom. The predicted molar refractivity (Wildman–Crippen MR) is 78.8 cm³/mol. The lowest BCUT2D eigenvalue weighted by Gasteiger charge is -2.17. The van der Waals surface area contributed by atoms with Crippen LogP contribution in [0.5, 0.6) is 0 Å². The molecule has 108 valence electrons. The van der Waals surface area contributed by atoms with E-state index in [0.717, 1.165) is 24.8 Å². The van der Waals surface area contributed by atoms with Gasteiger partial charge in [-0.3, -0.25) is 0 Å². The second-order valence-electron chi connectivity index (χ2n) is 4.59. The molecule has 0 aliphatic carbocycles. The van der Waals surface area contributed by atoms with Gasteiger partial charge in [-0.15, -0.1) is 0 Å². The van der Waals surface area contributed by atoms with Gasteiger partial charge in [0.05, 0.1) is 4.90 Å². The van der Waals surface area contributed by atoms with Gasteiger partial charge < -0.3 is 5.32 Å². The monoisotopic (exact) mass is 284 g/mol. The van der Waals surface area contributed by atoms with Crippen LogP contribution in [0.1, 0.15) is 32.3 Å². The molecule has 1 atom stereocenters. The van der Waals surface area contributed by atoms with E-state index in [1.54, 1.807) is 19.1 Å². The van der Waals surface area contributed by atoms with Crippen LogP contribution in [0, 0.1) is 0 Å². The van der Waals surface area contributed by atoms with Gasteiger partial charge in [0.25, 0.3) is 0 Å². The third-order valence-corrected chi connectivity index (χ3v) is 4.75. The van der Waals surface area contributed by atoms with Gasteiger partial charge in [-0.2, -0.15) is 0 Å². The Morgan fingerprint density at radius 3 is 2.47 bits per heavy atom. The van der Waals surface area contributed by atoms with Gasteiger partial charge in [-0.05, 0) is 31.5 Å². The van der Waals surface area contributed by atoms with E-state index in [4.69, 9.17) is 0 Å². The summed E-state index contributed by atoms with van der Waals surface area (Å²) in [5.74, 6) is 0. The zero-order valence-corrected chi connectivity index (χ0v) is 12.8. The first-order chi connectivity index (χ1) is 9.05. The maximum atomic E-state index is 12.1. The van der Waals surface area contributed by atoms with Crippen LogP contribution >= 0.6 is 0 Å². The molecule has 1 aromatic carbocycles. The molecule has 0 bridgehead atoms. The van der Waals surface area contributed by atoms with Gasteiger partial charge in [0.15, 0.2) is 0 Å². The van der Waals surface area contributed by atoms with Crippen molar-refractivity contribution in [1.29, 1.82) is 0 Å². The molecular formula is C14H24N2O2S. The van der Waals surface area contributed by atoms with Crippen molar-refractivity contribution >= 4 is 10.0 Å². The summed E-state index contributed by atoms with van der Waals surface area (Å²) in [5.41, 5.74) is 0.872. The van der Waals surface area contributed by atoms with Crippen LogP contribution in [0.15, 0.2) is 29.2 Å². The normalized spacial score (nSPS) is 13.4. The zero-order chi connectivity index (χ0) is 14.3. The number of likely N-dealkylation sites (N-methyl/N-ethyl adjacent to an activating group) is 1. The molecule has 1 aromatic rings. The Morgan fingerprint density at radius 1 is 1.21 bits per heavy atom. The fourth-order valence-corrected chi connectivity index (χ4v) is 3.45. The SMILES string of the molecule is CCCC(Cc1ccccc1S(=O)(=O)NCC)NC. The minimum atomic E-state index is -3.39. The highest BCUT2D eigenvalue weighted by Crippen LogP contribution is 2.18. The van der Waals surface area contributed by atoms with Crippen LogP contribution in [0.2, 0.25) is 0 Å².